The van der Waals surface area contributed by atoms with E-state index in [1.807, 2.05) is 30.8 Å². The summed E-state index contributed by atoms with van der Waals surface area (Å²) in [6, 6.07) is 5.81. The van der Waals surface area contributed by atoms with Crippen LogP contribution < -0.4 is 11.1 Å². The lowest BCUT2D eigenvalue weighted by Gasteiger charge is -2.31. The van der Waals surface area contributed by atoms with Crippen molar-refractivity contribution in [3.63, 3.8) is 0 Å². The maximum Gasteiger partial charge on any atom is 0.251 e. The second kappa shape index (κ2) is 6.33. The average molecular weight is 278 g/mol. The monoisotopic (exact) mass is 278 g/mol. The number of benzene rings is 1. The largest absolute Gasteiger partial charge is 0.399 e. The van der Waals surface area contributed by atoms with Crippen molar-refractivity contribution < 1.29 is 4.79 Å². The molecule has 19 heavy (non-hydrogen) atoms. The molecule has 0 spiro atoms. The Hall–Kier alpha value is -1.16. The van der Waals surface area contributed by atoms with Crippen LogP contribution >= 0.6 is 11.8 Å². The zero-order chi connectivity index (χ0) is 13.8. The van der Waals surface area contributed by atoms with E-state index in [0.29, 0.717) is 16.5 Å². The highest BCUT2D eigenvalue weighted by Crippen LogP contribution is 2.27. The van der Waals surface area contributed by atoms with E-state index in [0.717, 1.165) is 12.0 Å². The highest BCUT2D eigenvalue weighted by Gasteiger charge is 2.26. The first kappa shape index (κ1) is 14.3. The van der Waals surface area contributed by atoms with Crippen molar-refractivity contribution in [1.82, 2.24) is 5.32 Å². The first-order valence-electron chi connectivity index (χ1n) is 6.81. The summed E-state index contributed by atoms with van der Waals surface area (Å²) in [6.45, 7) is 1.96. The summed E-state index contributed by atoms with van der Waals surface area (Å²) in [4.78, 5) is 12.3. The summed E-state index contributed by atoms with van der Waals surface area (Å²) >= 11 is 1.86. The van der Waals surface area contributed by atoms with Gasteiger partial charge in [-0.1, -0.05) is 12.8 Å². The minimum Gasteiger partial charge on any atom is -0.399 e. The van der Waals surface area contributed by atoms with Crippen LogP contribution in [0.5, 0.6) is 0 Å². The van der Waals surface area contributed by atoms with Gasteiger partial charge in [0.1, 0.15) is 0 Å². The van der Waals surface area contributed by atoms with Gasteiger partial charge in [0, 0.05) is 22.5 Å². The fourth-order valence-corrected chi connectivity index (χ4v) is 3.67. The Kier molecular flexibility index (Phi) is 4.75. The number of nitrogens with one attached hydrogen (secondary N) is 1. The van der Waals surface area contributed by atoms with Crippen LogP contribution in [-0.2, 0) is 0 Å². The quantitative estimate of drug-likeness (QED) is 0.836. The Morgan fingerprint density at radius 1 is 1.32 bits per heavy atom. The molecule has 0 heterocycles. The number of aryl methyl sites for hydroxylation is 1. The Balaban J connectivity index is 2.07. The molecule has 1 saturated carbocycles. The Labute approximate surface area is 119 Å². The van der Waals surface area contributed by atoms with Gasteiger partial charge >= 0.3 is 0 Å². The molecule has 2 atom stereocenters. The molecule has 4 heteroatoms. The molecule has 3 nitrogen and oxygen atoms in total. The minimum atomic E-state index is 0.00125. The molecule has 0 aromatic heterocycles. The van der Waals surface area contributed by atoms with Crippen LogP contribution in [0.2, 0.25) is 0 Å². The van der Waals surface area contributed by atoms with Crippen molar-refractivity contribution in [2.24, 2.45) is 0 Å². The number of nitrogen functional groups attached to an aromatic ring is 1. The number of hydrogen-bond donors (Lipinski definition) is 2. The average Bonchev–Trinajstić information content (AvgIpc) is 2.38. The molecule has 1 aromatic carbocycles. The number of nitrogens with two attached hydrogens (primary N) is 1. The van der Waals surface area contributed by atoms with Crippen molar-refractivity contribution in [2.75, 3.05) is 12.0 Å². The topological polar surface area (TPSA) is 55.1 Å². The van der Waals surface area contributed by atoms with Gasteiger partial charge in [0.2, 0.25) is 0 Å². The molecule has 2 unspecified atom stereocenters. The van der Waals surface area contributed by atoms with Crippen molar-refractivity contribution in [3.8, 4) is 0 Å². The highest BCUT2D eigenvalue weighted by molar-refractivity contribution is 7.99. The first-order valence-corrected chi connectivity index (χ1v) is 8.10. The summed E-state index contributed by atoms with van der Waals surface area (Å²) in [5.41, 5.74) is 8.14. The van der Waals surface area contributed by atoms with Crippen LogP contribution in [0.4, 0.5) is 5.69 Å². The molecular weight excluding hydrogens is 256 g/mol. The van der Waals surface area contributed by atoms with Crippen LogP contribution in [0.25, 0.3) is 0 Å². The van der Waals surface area contributed by atoms with Gasteiger partial charge in [-0.25, -0.2) is 0 Å². The third-order valence-electron chi connectivity index (χ3n) is 3.68. The molecule has 1 amide bonds. The molecule has 0 radical (unpaired) electrons. The van der Waals surface area contributed by atoms with Crippen LogP contribution in [0.15, 0.2) is 18.2 Å². The van der Waals surface area contributed by atoms with Crippen molar-refractivity contribution >= 4 is 23.4 Å². The zero-order valence-corrected chi connectivity index (χ0v) is 12.4. The van der Waals surface area contributed by atoms with Gasteiger partial charge in [0.05, 0.1) is 0 Å². The third-order valence-corrected chi connectivity index (χ3v) is 4.85. The summed E-state index contributed by atoms with van der Waals surface area (Å²) in [5.74, 6) is 0.00125. The number of thioether (sulfide) groups is 1. The maximum atomic E-state index is 12.3. The van der Waals surface area contributed by atoms with Crippen LogP contribution in [0, 0.1) is 6.92 Å². The first-order chi connectivity index (χ1) is 9.10. The molecule has 0 saturated heterocycles. The van der Waals surface area contributed by atoms with E-state index in [4.69, 9.17) is 5.73 Å². The summed E-state index contributed by atoms with van der Waals surface area (Å²) < 4.78 is 0. The maximum absolute atomic E-state index is 12.3. The predicted molar refractivity (Wildman–Crippen MR) is 82.6 cm³/mol. The number of amides is 1. The Morgan fingerprint density at radius 3 is 2.74 bits per heavy atom. The van der Waals surface area contributed by atoms with E-state index in [1.165, 1.54) is 19.3 Å². The normalized spacial score (nSPS) is 23.1. The Morgan fingerprint density at radius 2 is 2.05 bits per heavy atom. The number of anilines is 1. The molecule has 0 bridgehead atoms. The molecular formula is C15H22N2OS. The van der Waals surface area contributed by atoms with Gasteiger partial charge in [-0.3, -0.25) is 4.79 Å². The smallest absolute Gasteiger partial charge is 0.251 e. The van der Waals surface area contributed by atoms with Gasteiger partial charge in [-0.05, 0) is 49.8 Å². The molecule has 2 rings (SSSR count). The lowest BCUT2D eigenvalue weighted by Crippen LogP contribution is -2.43. The fourth-order valence-electron chi connectivity index (χ4n) is 2.74. The number of carbonyl (C=O) groups is 1. The van der Waals surface area contributed by atoms with E-state index in [-0.39, 0.29) is 11.9 Å². The summed E-state index contributed by atoms with van der Waals surface area (Å²) in [7, 11) is 0. The van der Waals surface area contributed by atoms with Crippen molar-refractivity contribution in [3.05, 3.63) is 29.3 Å². The summed E-state index contributed by atoms with van der Waals surface area (Å²) in [6.07, 6.45) is 6.88. The minimum absolute atomic E-state index is 0.00125. The summed E-state index contributed by atoms with van der Waals surface area (Å²) in [5, 5.41) is 3.72. The van der Waals surface area contributed by atoms with Crippen LogP contribution in [0.3, 0.4) is 0 Å². The molecule has 3 N–H and O–H groups in total. The van der Waals surface area contributed by atoms with Crippen molar-refractivity contribution in [2.45, 2.75) is 43.9 Å². The van der Waals surface area contributed by atoms with Gasteiger partial charge in [0.15, 0.2) is 0 Å². The SMILES string of the molecule is CSC1CCCCC1NC(=O)c1cc(C)cc(N)c1. The van der Waals surface area contributed by atoms with E-state index >= 15 is 0 Å². The van der Waals surface area contributed by atoms with Gasteiger partial charge in [0.25, 0.3) is 5.91 Å². The molecule has 1 fully saturated rings. The van der Waals surface area contributed by atoms with Crippen LogP contribution in [0.1, 0.15) is 41.6 Å². The number of rotatable bonds is 3. The molecule has 1 aliphatic carbocycles. The van der Waals surface area contributed by atoms with Crippen molar-refractivity contribution in [1.29, 1.82) is 0 Å². The highest BCUT2D eigenvalue weighted by atomic mass is 32.2. The second-order valence-electron chi connectivity index (χ2n) is 5.27. The molecule has 1 aliphatic rings. The fraction of sp³-hybridized carbons (Fsp3) is 0.533. The predicted octanol–water partition coefficient (Wildman–Crippen LogP) is 2.98. The standard InChI is InChI=1S/C15H22N2OS/c1-10-7-11(9-12(16)8-10)15(18)17-13-5-3-4-6-14(13)19-2/h7-9,13-14H,3-6,16H2,1-2H3,(H,17,18). The van der Waals surface area contributed by atoms with E-state index in [9.17, 15) is 4.79 Å². The third kappa shape index (κ3) is 3.66. The second-order valence-corrected chi connectivity index (χ2v) is 6.35. The lowest BCUT2D eigenvalue weighted by atomic mass is 9.94. The zero-order valence-electron chi connectivity index (χ0n) is 11.6. The number of carbonyl (C=O) groups excluding carboxylic acids is 1. The Bertz CT molecular complexity index is 441. The molecule has 104 valence electrons. The van der Waals surface area contributed by atoms with Gasteiger partial charge < -0.3 is 11.1 Å². The van der Waals surface area contributed by atoms with E-state index in [1.54, 1.807) is 6.07 Å². The van der Waals surface area contributed by atoms with E-state index < -0.39 is 0 Å². The van der Waals surface area contributed by atoms with E-state index in [2.05, 4.69) is 11.6 Å². The van der Waals surface area contributed by atoms with Crippen LogP contribution in [-0.4, -0.2) is 23.5 Å². The number of hydrogen-bond acceptors (Lipinski definition) is 3. The van der Waals surface area contributed by atoms with Gasteiger partial charge in [-0.2, -0.15) is 11.8 Å². The lowest BCUT2D eigenvalue weighted by molar-refractivity contribution is 0.0929. The molecule has 0 aliphatic heterocycles. The van der Waals surface area contributed by atoms with Gasteiger partial charge in [-0.15, -0.1) is 0 Å². The molecule has 1 aromatic rings.